The smallest absolute Gasteiger partial charge is 0.267 e. The van der Waals surface area contributed by atoms with Crippen LogP contribution < -0.4 is 9.47 Å². The zero-order valence-corrected chi connectivity index (χ0v) is 19.6. The SMILES string of the molecule is CCC(C)(C)c1ccc(S(=O)(=O)N2CCN(C(=O)C3COc4ccccc4O3)CC2)cc1. The Morgan fingerprint density at radius 2 is 1.62 bits per heavy atom. The second kappa shape index (κ2) is 8.75. The van der Waals surface area contributed by atoms with Gasteiger partial charge in [0.1, 0.15) is 6.61 Å². The molecule has 1 unspecified atom stereocenters. The Labute approximate surface area is 190 Å². The fourth-order valence-electron chi connectivity index (χ4n) is 3.92. The second-order valence-electron chi connectivity index (χ2n) is 8.86. The number of carbonyl (C=O) groups is 1. The van der Waals surface area contributed by atoms with Gasteiger partial charge in [-0.2, -0.15) is 4.31 Å². The molecular formula is C24H30N2O5S. The van der Waals surface area contributed by atoms with E-state index in [9.17, 15) is 13.2 Å². The van der Waals surface area contributed by atoms with E-state index in [0.29, 0.717) is 24.6 Å². The Balaban J connectivity index is 1.38. The molecule has 8 heteroatoms. The maximum absolute atomic E-state index is 13.1. The second-order valence-corrected chi connectivity index (χ2v) is 10.8. The lowest BCUT2D eigenvalue weighted by Crippen LogP contribution is -2.55. The van der Waals surface area contributed by atoms with Crippen molar-refractivity contribution in [1.29, 1.82) is 0 Å². The van der Waals surface area contributed by atoms with E-state index >= 15 is 0 Å². The minimum absolute atomic E-state index is 0.000300. The van der Waals surface area contributed by atoms with Crippen LogP contribution in [0.1, 0.15) is 32.8 Å². The molecule has 2 aliphatic heterocycles. The standard InChI is InChI=1S/C24H30N2O5S/c1-4-24(2,3)18-9-11-19(12-10-18)32(28,29)26-15-13-25(14-16-26)23(27)22-17-30-20-7-5-6-8-21(20)31-22/h5-12,22H,4,13-17H2,1-3H3. The highest BCUT2D eigenvalue weighted by atomic mass is 32.2. The van der Waals surface area contributed by atoms with Crippen LogP contribution in [0.3, 0.4) is 0 Å². The van der Waals surface area contributed by atoms with Gasteiger partial charge >= 0.3 is 0 Å². The highest BCUT2D eigenvalue weighted by molar-refractivity contribution is 7.89. The van der Waals surface area contributed by atoms with Gasteiger partial charge in [0.05, 0.1) is 4.90 Å². The quantitative estimate of drug-likeness (QED) is 0.688. The van der Waals surface area contributed by atoms with Crippen LogP contribution >= 0.6 is 0 Å². The molecular weight excluding hydrogens is 428 g/mol. The number of hydrogen-bond donors (Lipinski definition) is 0. The van der Waals surface area contributed by atoms with E-state index in [1.54, 1.807) is 29.2 Å². The van der Waals surface area contributed by atoms with Crippen molar-refractivity contribution < 1.29 is 22.7 Å². The van der Waals surface area contributed by atoms with Gasteiger partial charge < -0.3 is 14.4 Å². The molecule has 2 aromatic rings. The van der Waals surface area contributed by atoms with Crippen LogP contribution in [-0.4, -0.2) is 62.4 Å². The summed E-state index contributed by atoms with van der Waals surface area (Å²) >= 11 is 0. The van der Waals surface area contributed by atoms with E-state index < -0.39 is 16.1 Å². The molecule has 0 bridgehead atoms. The average Bonchev–Trinajstić information content (AvgIpc) is 2.83. The van der Waals surface area contributed by atoms with E-state index in [0.717, 1.165) is 12.0 Å². The Bertz CT molecular complexity index is 1070. The Morgan fingerprint density at radius 1 is 1.00 bits per heavy atom. The van der Waals surface area contributed by atoms with E-state index in [-0.39, 0.29) is 35.9 Å². The molecule has 172 valence electrons. The van der Waals surface area contributed by atoms with Gasteiger partial charge in [-0.1, -0.05) is 45.0 Å². The molecule has 32 heavy (non-hydrogen) atoms. The van der Waals surface area contributed by atoms with Gasteiger partial charge in [-0.15, -0.1) is 0 Å². The summed E-state index contributed by atoms with van der Waals surface area (Å²) in [7, 11) is -3.61. The summed E-state index contributed by atoms with van der Waals surface area (Å²) < 4.78 is 39.1. The van der Waals surface area contributed by atoms with Crippen LogP contribution in [0.5, 0.6) is 11.5 Å². The molecule has 4 rings (SSSR count). The number of sulfonamides is 1. The third kappa shape index (κ3) is 4.34. The topological polar surface area (TPSA) is 76.2 Å². The molecule has 2 aliphatic rings. The van der Waals surface area contributed by atoms with E-state index in [1.165, 1.54) is 4.31 Å². The van der Waals surface area contributed by atoms with Crippen molar-refractivity contribution in [2.45, 2.75) is 43.6 Å². The first-order chi connectivity index (χ1) is 15.2. The van der Waals surface area contributed by atoms with Gasteiger partial charge in [0.25, 0.3) is 5.91 Å². The van der Waals surface area contributed by atoms with Crippen LogP contribution in [0.25, 0.3) is 0 Å². The molecule has 0 aromatic heterocycles. The molecule has 0 radical (unpaired) electrons. The normalized spacial score (nSPS) is 19.6. The summed E-state index contributed by atoms with van der Waals surface area (Å²) in [6.07, 6.45) is 0.249. The minimum atomic E-state index is -3.61. The number of piperazine rings is 1. The zero-order chi connectivity index (χ0) is 22.9. The third-order valence-corrected chi connectivity index (χ3v) is 8.40. The molecule has 2 aromatic carbocycles. The first kappa shape index (κ1) is 22.6. The zero-order valence-electron chi connectivity index (χ0n) is 18.8. The van der Waals surface area contributed by atoms with Crippen molar-refractivity contribution in [1.82, 2.24) is 9.21 Å². The molecule has 1 fully saturated rings. The van der Waals surface area contributed by atoms with Gasteiger partial charge in [-0.25, -0.2) is 8.42 Å². The number of amides is 1. The van der Waals surface area contributed by atoms with E-state index in [4.69, 9.17) is 9.47 Å². The van der Waals surface area contributed by atoms with Gasteiger partial charge in [0.15, 0.2) is 11.5 Å². The van der Waals surface area contributed by atoms with Gasteiger partial charge in [-0.3, -0.25) is 4.79 Å². The van der Waals surface area contributed by atoms with Crippen molar-refractivity contribution in [3.8, 4) is 11.5 Å². The lowest BCUT2D eigenvalue weighted by Gasteiger charge is -2.36. The van der Waals surface area contributed by atoms with Gasteiger partial charge in [0.2, 0.25) is 16.1 Å². The summed E-state index contributed by atoms with van der Waals surface area (Å²) in [5, 5.41) is 0. The van der Waals surface area contributed by atoms with Crippen molar-refractivity contribution >= 4 is 15.9 Å². The Morgan fingerprint density at radius 3 is 2.25 bits per heavy atom. The highest BCUT2D eigenvalue weighted by Gasteiger charge is 2.35. The monoisotopic (exact) mass is 458 g/mol. The lowest BCUT2D eigenvalue weighted by molar-refractivity contribution is -0.142. The fraction of sp³-hybridized carbons (Fsp3) is 0.458. The van der Waals surface area contributed by atoms with E-state index in [1.807, 2.05) is 24.3 Å². The van der Waals surface area contributed by atoms with Gasteiger partial charge in [-0.05, 0) is 41.7 Å². The number of nitrogens with zero attached hydrogens (tertiary/aromatic N) is 2. The van der Waals surface area contributed by atoms with Crippen molar-refractivity contribution in [3.63, 3.8) is 0 Å². The van der Waals surface area contributed by atoms with Crippen LogP contribution in [0, 0.1) is 0 Å². The van der Waals surface area contributed by atoms with Crippen molar-refractivity contribution in [2.75, 3.05) is 32.8 Å². The first-order valence-electron chi connectivity index (χ1n) is 11.0. The summed E-state index contributed by atoms with van der Waals surface area (Å²) in [4.78, 5) is 14.8. The molecule has 1 amide bonds. The fourth-order valence-corrected chi connectivity index (χ4v) is 5.35. The predicted octanol–water partition coefficient (Wildman–Crippen LogP) is 3.05. The number of hydrogen-bond acceptors (Lipinski definition) is 5. The molecule has 1 atom stereocenters. The van der Waals surface area contributed by atoms with Crippen LogP contribution in [-0.2, 0) is 20.2 Å². The Hall–Kier alpha value is -2.58. The summed E-state index contributed by atoms with van der Waals surface area (Å²) in [6, 6.07) is 14.4. The predicted molar refractivity (Wildman–Crippen MR) is 121 cm³/mol. The lowest BCUT2D eigenvalue weighted by atomic mass is 9.82. The van der Waals surface area contributed by atoms with Crippen molar-refractivity contribution in [3.05, 3.63) is 54.1 Å². The number of benzene rings is 2. The van der Waals surface area contributed by atoms with Crippen LogP contribution in [0.2, 0.25) is 0 Å². The molecule has 7 nitrogen and oxygen atoms in total. The number of fused-ring (bicyclic) bond motifs is 1. The molecule has 0 saturated carbocycles. The summed E-state index contributed by atoms with van der Waals surface area (Å²) in [5.74, 6) is 0.997. The first-order valence-corrected chi connectivity index (χ1v) is 12.4. The summed E-state index contributed by atoms with van der Waals surface area (Å²) in [6.45, 7) is 7.70. The summed E-state index contributed by atoms with van der Waals surface area (Å²) in [5.41, 5.74) is 1.12. The highest BCUT2D eigenvalue weighted by Crippen LogP contribution is 2.32. The van der Waals surface area contributed by atoms with Gasteiger partial charge in [0, 0.05) is 26.2 Å². The Kier molecular flexibility index (Phi) is 6.18. The van der Waals surface area contributed by atoms with Crippen LogP contribution in [0.4, 0.5) is 0 Å². The maximum atomic E-state index is 13.1. The molecule has 0 aliphatic carbocycles. The number of ether oxygens (including phenoxy) is 2. The van der Waals surface area contributed by atoms with Crippen molar-refractivity contribution in [2.24, 2.45) is 0 Å². The number of rotatable bonds is 5. The maximum Gasteiger partial charge on any atom is 0.267 e. The largest absolute Gasteiger partial charge is 0.485 e. The number of para-hydroxylation sites is 2. The number of carbonyl (C=O) groups excluding carboxylic acids is 1. The molecule has 0 spiro atoms. The van der Waals surface area contributed by atoms with E-state index in [2.05, 4.69) is 20.8 Å². The molecule has 2 heterocycles. The molecule has 0 N–H and O–H groups in total. The average molecular weight is 459 g/mol. The molecule has 1 saturated heterocycles. The minimum Gasteiger partial charge on any atom is -0.485 e. The van der Waals surface area contributed by atoms with Crippen LogP contribution in [0.15, 0.2) is 53.4 Å². The third-order valence-electron chi connectivity index (χ3n) is 6.49.